The molecular formula is C45H48N4O6. The Morgan fingerprint density at radius 2 is 1.27 bits per heavy atom. The Morgan fingerprint density at radius 1 is 0.764 bits per heavy atom. The molecule has 0 bridgehead atoms. The Balaban J connectivity index is 1.10. The number of amides is 2. The van der Waals surface area contributed by atoms with Crippen LogP contribution in [-0.2, 0) is 0 Å². The monoisotopic (exact) mass is 740 g/mol. The maximum absolute atomic E-state index is 13.8. The predicted molar refractivity (Wildman–Crippen MR) is 219 cm³/mol. The summed E-state index contributed by atoms with van der Waals surface area (Å²) >= 11 is 0. The predicted octanol–water partition coefficient (Wildman–Crippen LogP) is 9.34. The second kappa shape index (κ2) is 16.9. The van der Waals surface area contributed by atoms with E-state index in [1.54, 1.807) is 48.3 Å². The van der Waals surface area contributed by atoms with Crippen LogP contribution in [0.3, 0.4) is 0 Å². The molecular weight excluding hydrogens is 693 g/mol. The van der Waals surface area contributed by atoms with E-state index >= 15 is 0 Å². The summed E-state index contributed by atoms with van der Waals surface area (Å²) in [4.78, 5) is 40.4. The number of benzene rings is 2. The molecule has 6 rings (SSSR count). The topological polar surface area (TPSA) is 102 Å². The number of carbonyl (C=O) groups excluding carboxylic acids is 2. The molecule has 2 amide bonds. The third kappa shape index (κ3) is 8.33. The summed E-state index contributed by atoms with van der Waals surface area (Å²) in [7, 11) is 3.09. The number of carbonyl (C=O) groups is 2. The molecule has 10 heteroatoms. The molecule has 4 heterocycles. The first-order valence-electron chi connectivity index (χ1n) is 18.4. The van der Waals surface area contributed by atoms with E-state index in [2.05, 4.69) is 13.2 Å². The molecule has 0 unspecified atom stereocenters. The summed E-state index contributed by atoms with van der Waals surface area (Å²) < 4.78 is 23.6. The SMILES string of the molecule is C=C/C(=C\C=C(C)C)C1=CN2C(=O)c3cc(OC)c(OCCCOc4cc5c(cc4OC)C(=O)N4C=C(C(/C=C\C(=C)C)=C/C)C[C@H]4C=N5)cc3N=C[C@@H]2C1. The average molecular weight is 741 g/mol. The Kier molecular flexibility index (Phi) is 11.8. The summed E-state index contributed by atoms with van der Waals surface area (Å²) in [5.74, 6) is 1.51. The number of fused-ring (bicyclic) bond motifs is 4. The van der Waals surface area contributed by atoms with Crippen molar-refractivity contribution in [2.75, 3.05) is 27.4 Å². The standard InChI is InChI=1S/C45H48N4O6/c1-9-30(14-12-28(3)4)32-18-34-24-46-38-22-42(40(52-7)20-36(38)44(50)48(34)26-32)54-16-11-17-55-43-23-39-37(21-41(43)53-8)45(51)49-27-33(19-35(49)25-47-39)31(10-2)15-13-29(5)6/h9-10,12-15,20-27,34-35H,1,5,11,16-19H2,2-4,6-8H3/b15-13-,30-14+,31-10+/t34-,35-/m0/s1. The van der Waals surface area contributed by atoms with Gasteiger partial charge in [-0.2, -0.15) is 0 Å². The summed E-state index contributed by atoms with van der Waals surface area (Å²) in [5, 5.41) is 0. The Labute approximate surface area is 323 Å². The number of nitrogens with zero attached hydrogens (tertiary/aromatic N) is 4. The van der Waals surface area contributed by atoms with E-state index in [9.17, 15) is 9.59 Å². The van der Waals surface area contributed by atoms with Crippen molar-refractivity contribution in [2.24, 2.45) is 9.98 Å². The maximum atomic E-state index is 13.8. The van der Waals surface area contributed by atoms with Crippen LogP contribution in [0.1, 0.15) is 67.7 Å². The number of allylic oxidation sites excluding steroid dienone is 10. The molecule has 0 radical (unpaired) electrons. The largest absolute Gasteiger partial charge is 0.493 e. The molecule has 2 aromatic rings. The molecule has 0 N–H and O–H groups in total. The van der Waals surface area contributed by atoms with Crippen LogP contribution in [0.2, 0.25) is 0 Å². The van der Waals surface area contributed by atoms with E-state index in [-0.39, 0.29) is 23.9 Å². The van der Waals surface area contributed by atoms with Crippen LogP contribution in [0, 0.1) is 0 Å². The van der Waals surface area contributed by atoms with Crippen molar-refractivity contribution in [3.8, 4) is 23.0 Å². The number of methoxy groups -OCH3 is 2. The molecule has 0 saturated heterocycles. The first-order valence-corrected chi connectivity index (χ1v) is 18.4. The molecule has 0 aliphatic carbocycles. The number of aliphatic imine (C=N–C) groups is 2. The zero-order valence-corrected chi connectivity index (χ0v) is 32.4. The number of hydrogen-bond donors (Lipinski definition) is 0. The van der Waals surface area contributed by atoms with E-state index in [4.69, 9.17) is 28.9 Å². The van der Waals surface area contributed by atoms with Crippen LogP contribution >= 0.6 is 0 Å². The second-order valence-electron chi connectivity index (χ2n) is 13.9. The lowest BCUT2D eigenvalue weighted by Gasteiger charge is -2.19. The number of ether oxygens (including phenoxy) is 4. The lowest BCUT2D eigenvalue weighted by molar-refractivity contribution is 0.0809. The second-order valence-corrected chi connectivity index (χ2v) is 13.9. The van der Waals surface area contributed by atoms with Crippen molar-refractivity contribution in [2.45, 2.75) is 59.0 Å². The maximum Gasteiger partial charge on any atom is 0.260 e. The van der Waals surface area contributed by atoms with Gasteiger partial charge in [-0.15, -0.1) is 0 Å². The molecule has 2 atom stereocenters. The van der Waals surface area contributed by atoms with Crippen LogP contribution in [0.5, 0.6) is 23.0 Å². The van der Waals surface area contributed by atoms with Crippen LogP contribution < -0.4 is 18.9 Å². The van der Waals surface area contributed by atoms with Gasteiger partial charge in [0.2, 0.25) is 0 Å². The Hall–Kier alpha value is -6.16. The Bertz CT molecular complexity index is 2160. The van der Waals surface area contributed by atoms with Crippen molar-refractivity contribution in [3.63, 3.8) is 0 Å². The molecule has 4 aliphatic heterocycles. The van der Waals surface area contributed by atoms with Gasteiger partial charge in [0.15, 0.2) is 23.0 Å². The van der Waals surface area contributed by atoms with Crippen molar-refractivity contribution in [3.05, 3.63) is 131 Å². The highest BCUT2D eigenvalue weighted by Crippen LogP contribution is 2.41. The normalized spacial score (nSPS) is 18.8. The highest BCUT2D eigenvalue weighted by atomic mass is 16.5. The van der Waals surface area contributed by atoms with Gasteiger partial charge in [-0.05, 0) is 62.1 Å². The highest BCUT2D eigenvalue weighted by Gasteiger charge is 2.35. The van der Waals surface area contributed by atoms with Crippen molar-refractivity contribution in [1.29, 1.82) is 0 Å². The summed E-state index contributed by atoms with van der Waals surface area (Å²) in [6, 6.07) is 6.46. The fourth-order valence-electron chi connectivity index (χ4n) is 6.75. The van der Waals surface area contributed by atoms with E-state index in [1.165, 1.54) is 5.57 Å². The molecule has 2 aromatic carbocycles. The van der Waals surface area contributed by atoms with Gasteiger partial charge in [0.1, 0.15) is 0 Å². The summed E-state index contributed by atoms with van der Waals surface area (Å²) in [6.07, 6.45) is 21.1. The lowest BCUT2D eigenvalue weighted by atomic mass is 10.0. The number of hydrogen-bond acceptors (Lipinski definition) is 8. The average Bonchev–Trinajstić information content (AvgIpc) is 3.74. The van der Waals surface area contributed by atoms with Gasteiger partial charge in [0.05, 0.1) is 62.0 Å². The van der Waals surface area contributed by atoms with Gasteiger partial charge in [-0.1, -0.05) is 60.8 Å². The number of rotatable bonds is 14. The van der Waals surface area contributed by atoms with Crippen LogP contribution in [0.25, 0.3) is 0 Å². The van der Waals surface area contributed by atoms with Crippen LogP contribution in [0.4, 0.5) is 11.4 Å². The quantitative estimate of drug-likeness (QED) is 0.141. The molecule has 0 spiro atoms. The van der Waals surface area contributed by atoms with Gasteiger partial charge in [-0.3, -0.25) is 19.6 Å². The summed E-state index contributed by atoms with van der Waals surface area (Å²) in [5.41, 5.74) is 8.15. The minimum absolute atomic E-state index is 0.151. The molecule has 0 saturated carbocycles. The van der Waals surface area contributed by atoms with Crippen LogP contribution in [0.15, 0.2) is 130 Å². The molecule has 284 valence electrons. The van der Waals surface area contributed by atoms with Gasteiger partial charge in [-0.25, -0.2) is 0 Å². The minimum Gasteiger partial charge on any atom is -0.493 e. The van der Waals surface area contributed by atoms with E-state index < -0.39 is 0 Å². The molecule has 55 heavy (non-hydrogen) atoms. The van der Waals surface area contributed by atoms with Gasteiger partial charge in [0.25, 0.3) is 11.8 Å². The fourth-order valence-corrected chi connectivity index (χ4v) is 6.75. The first-order chi connectivity index (χ1) is 26.5. The van der Waals surface area contributed by atoms with Gasteiger partial charge in [0, 0.05) is 56.2 Å². The smallest absolute Gasteiger partial charge is 0.260 e. The zero-order valence-electron chi connectivity index (χ0n) is 32.4. The fraction of sp³-hybridized carbons (Fsp3) is 0.289. The van der Waals surface area contributed by atoms with Crippen molar-refractivity contribution < 1.29 is 28.5 Å². The van der Waals surface area contributed by atoms with E-state index in [0.29, 0.717) is 78.0 Å². The Morgan fingerprint density at radius 3 is 1.71 bits per heavy atom. The van der Waals surface area contributed by atoms with Crippen molar-refractivity contribution >= 4 is 35.6 Å². The molecule has 10 nitrogen and oxygen atoms in total. The third-order valence-corrected chi connectivity index (χ3v) is 9.65. The van der Waals surface area contributed by atoms with Gasteiger partial charge >= 0.3 is 0 Å². The van der Waals surface area contributed by atoms with Crippen molar-refractivity contribution in [1.82, 2.24) is 9.80 Å². The molecule has 4 aliphatic rings. The van der Waals surface area contributed by atoms with E-state index in [1.807, 2.05) is 89.0 Å². The first kappa shape index (κ1) is 38.6. The van der Waals surface area contributed by atoms with Gasteiger partial charge < -0.3 is 28.7 Å². The zero-order chi connectivity index (χ0) is 39.2. The summed E-state index contributed by atoms with van der Waals surface area (Å²) in [6.45, 7) is 16.5. The van der Waals surface area contributed by atoms with Crippen LogP contribution in [-0.4, -0.2) is 73.6 Å². The minimum atomic E-state index is -0.209. The lowest BCUT2D eigenvalue weighted by Crippen LogP contribution is -2.32. The molecule has 0 fully saturated rings. The molecule has 0 aromatic heterocycles. The third-order valence-electron chi connectivity index (χ3n) is 9.65. The highest BCUT2D eigenvalue weighted by molar-refractivity contribution is 6.05. The van der Waals surface area contributed by atoms with E-state index in [0.717, 1.165) is 27.9 Å².